The Labute approximate surface area is 121 Å². The van der Waals surface area contributed by atoms with Gasteiger partial charge in [-0.3, -0.25) is 4.79 Å². The Kier molecular flexibility index (Phi) is 4.69. The van der Waals surface area contributed by atoms with Crippen molar-refractivity contribution in [3.8, 4) is 17.7 Å². The molecular formula is C15H14FN3O2. The first-order valence-corrected chi connectivity index (χ1v) is 6.23. The smallest absolute Gasteiger partial charge is 0.267 e. The first kappa shape index (κ1) is 14.8. The maximum Gasteiger partial charge on any atom is 0.267 e. The van der Waals surface area contributed by atoms with E-state index in [9.17, 15) is 9.18 Å². The lowest BCUT2D eigenvalue weighted by Gasteiger charge is -2.08. The number of hydrogen-bond acceptors (Lipinski definition) is 4. The Morgan fingerprint density at radius 2 is 2.19 bits per heavy atom. The maximum atomic E-state index is 13.3. The van der Waals surface area contributed by atoms with Crippen molar-refractivity contribution in [1.82, 2.24) is 9.78 Å². The van der Waals surface area contributed by atoms with Crippen LogP contribution in [-0.4, -0.2) is 23.4 Å². The number of rotatable bonds is 3. The molecule has 1 aromatic heterocycles. The average molecular weight is 287 g/mol. The molecule has 0 atom stereocenters. The summed E-state index contributed by atoms with van der Waals surface area (Å²) in [7, 11) is 1.47. The molecule has 108 valence electrons. The molecule has 2 aromatic rings. The molecule has 0 amide bonds. The average Bonchev–Trinajstić information content (AvgIpc) is 2.49. The summed E-state index contributed by atoms with van der Waals surface area (Å²) in [6.07, 6.45) is 0. The van der Waals surface area contributed by atoms with Crippen molar-refractivity contribution in [2.75, 3.05) is 13.7 Å². The zero-order valence-electron chi connectivity index (χ0n) is 11.5. The summed E-state index contributed by atoms with van der Waals surface area (Å²) in [4.78, 5) is 11.8. The highest BCUT2D eigenvalue weighted by molar-refractivity contribution is 5.42. The number of benzene rings is 1. The number of ether oxygens (including phenoxy) is 1. The molecule has 0 aliphatic carbocycles. The number of hydrogen-bond donors (Lipinski definition) is 1. The van der Waals surface area contributed by atoms with E-state index in [1.807, 2.05) is 0 Å². The highest BCUT2D eigenvalue weighted by Gasteiger charge is 2.06. The summed E-state index contributed by atoms with van der Waals surface area (Å²) in [5.74, 6) is 5.39. The van der Waals surface area contributed by atoms with E-state index in [4.69, 9.17) is 10.5 Å². The standard InChI is InChI=1S/C15H14FN3O2/c1-21-14-6-7-15(20)19(18-14)10-12-4-5-13(16)9-11(12)3-2-8-17/h4-7,9H,8,10,17H2,1H3. The van der Waals surface area contributed by atoms with Crippen molar-refractivity contribution >= 4 is 0 Å². The van der Waals surface area contributed by atoms with Gasteiger partial charge in [0.25, 0.3) is 5.56 Å². The molecule has 0 unspecified atom stereocenters. The van der Waals surface area contributed by atoms with Gasteiger partial charge in [0.15, 0.2) is 0 Å². The lowest BCUT2D eigenvalue weighted by Crippen LogP contribution is -2.23. The van der Waals surface area contributed by atoms with Crippen LogP contribution in [0.5, 0.6) is 5.88 Å². The minimum Gasteiger partial charge on any atom is -0.480 e. The monoisotopic (exact) mass is 287 g/mol. The summed E-state index contributed by atoms with van der Waals surface area (Å²) in [6, 6.07) is 7.04. The van der Waals surface area contributed by atoms with Crippen LogP contribution in [0.3, 0.4) is 0 Å². The lowest BCUT2D eigenvalue weighted by molar-refractivity contribution is 0.379. The Morgan fingerprint density at radius 1 is 1.38 bits per heavy atom. The van der Waals surface area contributed by atoms with Crippen LogP contribution in [0.4, 0.5) is 4.39 Å². The fourth-order valence-corrected chi connectivity index (χ4v) is 1.76. The molecule has 0 radical (unpaired) electrons. The Bertz CT molecular complexity index is 759. The van der Waals surface area contributed by atoms with Gasteiger partial charge in [-0.05, 0) is 17.7 Å². The van der Waals surface area contributed by atoms with Crippen molar-refractivity contribution < 1.29 is 9.13 Å². The molecule has 0 fully saturated rings. The largest absolute Gasteiger partial charge is 0.480 e. The maximum absolute atomic E-state index is 13.3. The zero-order valence-corrected chi connectivity index (χ0v) is 11.5. The first-order valence-electron chi connectivity index (χ1n) is 6.23. The highest BCUT2D eigenvalue weighted by Crippen LogP contribution is 2.12. The van der Waals surface area contributed by atoms with Crippen LogP contribution in [0, 0.1) is 17.7 Å². The van der Waals surface area contributed by atoms with E-state index in [1.165, 1.54) is 36.1 Å². The van der Waals surface area contributed by atoms with Gasteiger partial charge in [-0.15, -0.1) is 5.10 Å². The normalized spacial score (nSPS) is 9.86. The van der Waals surface area contributed by atoms with Gasteiger partial charge >= 0.3 is 0 Å². The minimum atomic E-state index is -0.397. The summed E-state index contributed by atoms with van der Waals surface area (Å²) < 4.78 is 19.5. The minimum absolute atomic E-state index is 0.172. The summed E-state index contributed by atoms with van der Waals surface area (Å²) in [6.45, 7) is 0.345. The van der Waals surface area contributed by atoms with E-state index in [2.05, 4.69) is 16.9 Å². The van der Waals surface area contributed by atoms with Crippen molar-refractivity contribution in [3.63, 3.8) is 0 Å². The lowest BCUT2D eigenvalue weighted by atomic mass is 10.1. The van der Waals surface area contributed by atoms with E-state index in [-0.39, 0.29) is 18.6 Å². The predicted octanol–water partition coefficient (Wildman–Crippen LogP) is 0.749. The van der Waals surface area contributed by atoms with Crippen LogP contribution in [0.25, 0.3) is 0 Å². The fraction of sp³-hybridized carbons (Fsp3) is 0.200. The predicted molar refractivity (Wildman–Crippen MR) is 76.5 cm³/mol. The number of methoxy groups -OCH3 is 1. The van der Waals surface area contributed by atoms with Gasteiger partial charge in [0.1, 0.15) is 5.82 Å². The molecule has 0 spiro atoms. The SMILES string of the molecule is COc1ccc(=O)n(Cc2ccc(F)cc2C#CCN)n1. The van der Waals surface area contributed by atoms with Crippen LogP contribution in [0.15, 0.2) is 35.1 Å². The van der Waals surface area contributed by atoms with Crippen LogP contribution in [-0.2, 0) is 6.54 Å². The van der Waals surface area contributed by atoms with Crippen LogP contribution in [0.1, 0.15) is 11.1 Å². The molecule has 0 saturated heterocycles. The third-order valence-electron chi connectivity index (χ3n) is 2.77. The molecule has 5 nitrogen and oxygen atoms in total. The number of nitrogens with zero attached hydrogens (tertiary/aromatic N) is 2. The Hall–Kier alpha value is -2.65. The van der Waals surface area contributed by atoms with Gasteiger partial charge in [-0.25, -0.2) is 9.07 Å². The van der Waals surface area contributed by atoms with Gasteiger partial charge in [0.05, 0.1) is 20.2 Å². The fourth-order valence-electron chi connectivity index (χ4n) is 1.76. The van der Waals surface area contributed by atoms with Crippen LogP contribution >= 0.6 is 0 Å². The van der Waals surface area contributed by atoms with Crippen LogP contribution in [0.2, 0.25) is 0 Å². The molecule has 1 heterocycles. The summed E-state index contributed by atoms with van der Waals surface area (Å²) in [5, 5.41) is 4.05. The van der Waals surface area contributed by atoms with Gasteiger partial charge in [-0.2, -0.15) is 0 Å². The third-order valence-corrected chi connectivity index (χ3v) is 2.77. The number of halogens is 1. The van der Waals surface area contributed by atoms with E-state index in [1.54, 1.807) is 6.07 Å². The molecule has 0 aliphatic heterocycles. The molecule has 0 aliphatic rings. The molecule has 0 bridgehead atoms. The van der Waals surface area contributed by atoms with E-state index >= 15 is 0 Å². The van der Waals surface area contributed by atoms with E-state index in [0.29, 0.717) is 17.0 Å². The van der Waals surface area contributed by atoms with Crippen molar-refractivity contribution in [3.05, 3.63) is 57.6 Å². The highest BCUT2D eigenvalue weighted by atomic mass is 19.1. The summed E-state index contributed by atoms with van der Waals surface area (Å²) in [5.41, 5.74) is 6.21. The quantitative estimate of drug-likeness (QED) is 0.846. The van der Waals surface area contributed by atoms with Gasteiger partial charge in [0, 0.05) is 17.7 Å². The summed E-state index contributed by atoms with van der Waals surface area (Å²) >= 11 is 0. The van der Waals surface area contributed by atoms with E-state index < -0.39 is 5.82 Å². The second-order valence-corrected chi connectivity index (χ2v) is 4.18. The topological polar surface area (TPSA) is 70.1 Å². The Balaban J connectivity index is 2.42. The van der Waals surface area contributed by atoms with E-state index in [0.717, 1.165) is 0 Å². The van der Waals surface area contributed by atoms with Gasteiger partial charge in [0.2, 0.25) is 5.88 Å². The molecular weight excluding hydrogens is 273 g/mol. The molecule has 0 saturated carbocycles. The zero-order chi connectivity index (χ0) is 15.2. The molecule has 21 heavy (non-hydrogen) atoms. The molecule has 2 rings (SSSR count). The van der Waals surface area contributed by atoms with Crippen molar-refractivity contribution in [2.45, 2.75) is 6.54 Å². The number of aromatic nitrogens is 2. The van der Waals surface area contributed by atoms with Crippen LogP contribution < -0.4 is 16.0 Å². The molecule has 6 heteroatoms. The third kappa shape index (κ3) is 3.68. The second-order valence-electron chi connectivity index (χ2n) is 4.18. The van der Waals surface area contributed by atoms with Crippen molar-refractivity contribution in [2.24, 2.45) is 5.73 Å². The van der Waals surface area contributed by atoms with Gasteiger partial charge < -0.3 is 10.5 Å². The van der Waals surface area contributed by atoms with Gasteiger partial charge in [-0.1, -0.05) is 17.9 Å². The second kappa shape index (κ2) is 6.68. The Morgan fingerprint density at radius 3 is 2.90 bits per heavy atom. The molecule has 2 N–H and O–H groups in total. The molecule has 1 aromatic carbocycles. The number of nitrogens with two attached hydrogens (primary N) is 1. The van der Waals surface area contributed by atoms with Crippen molar-refractivity contribution in [1.29, 1.82) is 0 Å². The first-order chi connectivity index (χ1) is 10.1.